The van der Waals surface area contributed by atoms with Crippen LogP contribution < -0.4 is 0 Å². The van der Waals surface area contributed by atoms with Gasteiger partial charge in [0.05, 0.1) is 62.7 Å². The molecule has 0 saturated carbocycles. The van der Waals surface area contributed by atoms with Gasteiger partial charge in [-0.05, 0) is 302 Å². The van der Waals surface area contributed by atoms with E-state index in [9.17, 15) is 19.2 Å². The van der Waals surface area contributed by atoms with Crippen LogP contribution in [0.1, 0.15) is 193 Å². The van der Waals surface area contributed by atoms with E-state index >= 15 is 0 Å². The van der Waals surface area contributed by atoms with Crippen LogP contribution in [-0.4, -0.2) is 227 Å². The average molecular weight is 1920 g/mol. The van der Waals surface area contributed by atoms with Crippen LogP contribution in [0.15, 0.2) is 157 Å². The minimum Gasteiger partial charge on any atom is -0.465 e. The molecule has 0 amide bonds. The Morgan fingerprint density at radius 3 is 0.769 bits per heavy atom. The standard InChI is InChI=1S/C98H132N16O8S8/c1-70-30-54-123-87(70)83(88-71(2)31-55-124-88)26-14-42-107-38-10-22-79(63-107)95(115)119-50-18-46-111-62-78(9)102-106-114(49-21-53-122-98(118)82-25-13-41-110(66-82)45-17-29-86(93-76(7)36-60-129-93)94-77(8)37-61-130-94)69-101-105-113(48-20-52-121-97(117)81-24-12-40-109(65-81)44-16-28-85(91-74(5)34-58-127-91)92-75(6)35-59-128-92)68-100-104-112(67-99-103-111)47-19-51-120-96(116)80-23-11-39-108(64-80)43-15-27-84(89-72(3)32-56-125-89)90-73(4)33-57-126-90/h26-37,54-61,78-82H,10-25,38-53,62-69H2,1-9H3/t78?,79-,80-,81-,82-/m0/s1. The largest absolute Gasteiger partial charge is 0.465 e. The van der Waals surface area contributed by atoms with Crippen molar-refractivity contribution >= 4 is 137 Å². The molecule has 0 aliphatic carbocycles. The zero-order valence-electron chi connectivity index (χ0n) is 77.4. The molecular formula is C98H132N16O8S8. The Morgan fingerprint density at radius 1 is 0.315 bits per heavy atom. The molecule has 5 atom stereocenters. The van der Waals surface area contributed by atoms with Crippen molar-refractivity contribution in [1.29, 1.82) is 0 Å². The maximum atomic E-state index is 14.0. The molecule has 8 aromatic rings. The summed E-state index contributed by atoms with van der Waals surface area (Å²) < 4.78 is 24.4. The highest BCUT2D eigenvalue weighted by Crippen LogP contribution is 2.41. The summed E-state index contributed by atoms with van der Waals surface area (Å²) in [5.41, 5.74) is 15.5. The quantitative estimate of drug-likeness (QED) is 0.0197. The summed E-state index contributed by atoms with van der Waals surface area (Å²) in [5.74, 6) is -1.67. The zero-order valence-corrected chi connectivity index (χ0v) is 83.9. The Morgan fingerprint density at radius 2 is 0.538 bits per heavy atom. The van der Waals surface area contributed by atoms with Crippen molar-refractivity contribution in [1.82, 2.24) is 39.6 Å². The van der Waals surface area contributed by atoms with E-state index in [0.717, 1.165) is 129 Å². The summed E-state index contributed by atoms with van der Waals surface area (Å²) in [4.78, 5) is 76.0. The van der Waals surface area contributed by atoms with Gasteiger partial charge in [0.15, 0.2) is 20.0 Å². The van der Waals surface area contributed by atoms with Crippen molar-refractivity contribution in [2.24, 2.45) is 65.0 Å². The molecule has 700 valence electrons. The van der Waals surface area contributed by atoms with Gasteiger partial charge in [-0.1, -0.05) is 45.2 Å². The second-order valence-electron chi connectivity index (χ2n) is 35.0. The molecule has 13 heterocycles. The highest BCUT2D eigenvalue weighted by Gasteiger charge is 2.32. The first-order valence-electron chi connectivity index (χ1n) is 46.6. The van der Waals surface area contributed by atoms with Crippen molar-refractivity contribution in [3.8, 4) is 0 Å². The monoisotopic (exact) mass is 1920 g/mol. The van der Waals surface area contributed by atoms with Crippen molar-refractivity contribution in [2.75, 3.05) is 158 Å². The van der Waals surface area contributed by atoms with Gasteiger partial charge in [-0.2, -0.15) is 5.11 Å². The summed E-state index contributed by atoms with van der Waals surface area (Å²) in [6.45, 7) is 31.7. The average Bonchev–Trinajstić information content (AvgIpc) is 1.69. The van der Waals surface area contributed by atoms with Gasteiger partial charge in [0.1, 0.15) is 0 Å². The number of esters is 4. The first kappa shape index (κ1) is 99.4. The maximum Gasteiger partial charge on any atom is 0.310 e. The van der Waals surface area contributed by atoms with Crippen LogP contribution in [-0.2, 0) is 38.1 Å². The van der Waals surface area contributed by atoms with E-state index in [0.29, 0.717) is 84.6 Å². The number of nitrogens with zero attached hydrogens (tertiary/aromatic N) is 16. The second-order valence-corrected chi connectivity index (χ2v) is 42.3. The van der Waals surface area contributed by atoms with E-state index in [2.05, 4.69) is 191 Å². The van der Waals surface area contributed by atoms with Crippen molar-refractivity contribution in [3.05, 3.63) is 199 Å². The molecule has 0 spiro atoms. The number of thiophene rings is 8. The molecule has 1 unspecified atom stereocenters. The molecule has 8 aromatic heterocycles. The molecule has 24 nitrogen and oxygen atoms in total. The smallest absolute Gasteiger partial charge is 0.310 e. The lowest BCUT2D eigenvalue weighted by molar-refractivity contribution is -0.151. The van der Waals surface area contributed by atoms with Crippen LogP contribution in [0.3, 0.4) is 0 Å². The molecule has 0 N–H and O–H groups in total. The van der Waals surface area contributed by atoms with E-state index in [1.165, 1.54) is 106 Å². The molecule has 32 heteroatoms. The fourth-order valence-corrected chi connectivity index (χ4v) is 25.6. The zero-order chi connectivity index (χ0) is 90.9. The topological polar surface area (TPSA) is 230 Å². The Kier molecular flexibility index (Phi) is 39.7. The third-order valence-corrected chi connectivity index (χ3v) is 33.1. The van der Waals surface area contributed by atoms with Gasteiger partial charge < -0.3 is 38.5 Å². The summed E-state index contributed by atoms with van der Waals surface area (Å²) >= 11 is 14.3. The normalized spacial score (nSPS) is 19.0. The van der Waals surface area contributed by atoms with Crippen LogP contribution in [0.25, 0.3) is 22.3 Å². The van der Waals surface area contributed by atoms with Gasteiger partial charge in [-0.25, -0.2) is 0 Å². The number of carbonyl (C=O) groups excluding carboxylic acids is 4. The molecule has 5 aliphatic heterocycles. The molecule has 130 heavy (non-hydrogen) atoms. The van der Waals surface area contributed by atoms with Gasteiger partial charge in [0, 0.05) is 166 Å². The molecule has 4 fully saturated rings. The van der Waals surface area contributed by atoms with Gasteiger partial charge in [0.2, 0.25) is 0 Å². The fourth-order valence-electron chi connectivity index (χ4n) is 17.5. The van der Waals surface area contributed by atoms with Crippen LogP contribution in [0.2, 0.25) is 0 Å². The lowest BCUT2D eigenvalue weighted by Gasteiger charge is -2.31. The summed E-state index contributed by atoms with van der Waals surface area (Å²) in [5, 5.41) is 62.4. The van der Waals surface area contributed by atoms with Crippen molar-refractivity contribution < 1.29 is 38.1 Å². The van der Waals surface area contributed by atoms with Gasteiger partial charge in [-0.3, -0.25) is 39.2 Å². The van der Waals surface area contributed by atoms with Crippen LogP contribution in [0, 0.1) is 79.1 Å². The predicted molar refractivity (Wildman–Crippen MR) is 533 cm³/mol. The Bertz CT molecular complexity index is 4990. The van der Waals surface area contributed by atoms with E-state index in [1.54, 1.807) is 106 Å². The molecular weight excluding hydrogens is 1790 g/mol. The number of aryl methyl sites for hydroxylation is 8. The first-order chi connectivity index (χ1) is 63.4. The van der Waals surface area contributed by atoms with Crippen LogP contribution in [0.4, 0.5) is 0 Å². The third-order valence-electron chi connectivity index (χ3n) is 24.7. The summed E-state index contributed by atoms with van der Waals surface area (Å²) in [7, 11) is 0. The molecule has 0 radical (unpaired) electrons. The predicted octanol–water partition coefficient (Wildman–Crippen LogP) is 22.6. The minimum absolute atomic E-state index is 0.00948. The number of hydrogen-bond acceptors (Lipinski definition) is 32. The second kappa shape index (κ2) is 51.9. The van der Waals surface area contributed by atoms with E-state index < -0.39 is 6.04 Å². The number of piperidine rings is 4. The first-order valence-corrected chi connectivity index (χ1v) is 53.6. The molecule has 13 rings (SSSR count). The molecule has 0 bridgehead atoms. The Balaban J connectivity index is 0.661. The maximum absolute atomic E-state index is 14.0. The van der Waals surface area contributed by atoms with Gasteiger partial charge in [-0.15, -0.1) is 106 Å². The van der Waals surface area contributed by atoms with E-state index in [1.807, 2.05) is 11.9 Å². The van der Waals surface area contributed by atoms with Gasteiger partial charge >= 0.3 is 23.9 Å². The van der Waals surface area contributed by atoms with Crippen LogP contribution in [0.5, 0.6) is 0 Å². The third kappa shape index (κ3) is 29.7. The lowest BCUT2D eigenvalue weighted by atomic mass is 9.98. The SMILES string of the molecule is Cc1ccsc1C(=CCCN1CCC[C@H](C(=O)OCCCN2CN=NN(CCCOC(=O)[C@H]3CCCN(CCC=C(c4sccc4C)c4sccc4C)C3)CC(C)N=NN(CCCOC(=O)[C@H]3CCCN(CCC=C(c4sccc4C)c4sccc4C)C3)CN=NN(CCCOC(=O)[C@H]3CCCN(CCC=C(c4sccc4C)c4sccc4C)C3)CN=N2)C1)c1sccc1C. The van der Waals surface area contributed by atoms with Crippen molar-refractivity contribution in [3.63, 3.8) is 0 Å². The van der Waals surface area contributed by atoms with E-state index in [-0.39, 0.29) is 94.0 Å². The minimum atomic E-state index is -0.408. The Labute approximate surface area is 801 Å². The number of hydrogen-bond donors (Lipinski definition) is 0. The highest BCUT2D eigenvalue weighted by molar-refractivity contribution is 7.15. The Hall–Kier alpha value is -8.12. The number of ether oxygens (including phenoxy) is 4. The number of carbonyl (C=O) groups is 4. The number of rotatable bonds is 40. The lowest BCUT2D eigenvalue weighted by Crippen LogP contribution is -2.39. The highest BCUT2D eigenvalue weighted by atomic mass is 32.1. The van der Waals surface area contributed by atoms with Gasteiger partial charge in [0.25, 0.3) is 0 Å². The molecule has 0 aromatic carbocycles. The van der Waals surface area contributed by atoms with E-state index in [4.69, 9.17) is 60.3 Å². The fraction of sp³-hybridized carbons (Fsp3) is 0.551. The summed E-state index contributed by atoms with van der Waals surface area (Å²) in [6.07, 6.45) is 21.6. The van der Waals surface area contributed by atoms with Crippen LogP contribution >= 0.6 is 90.7 Å². The molecule has 5 aliphatic rings. The molecule has 4 saturated heterocycles. The number of likely N-dealkylation sites (tertiary alicyclic amines) is 4. The van der Waals surface area contributed by atoms with Crippen molar-refractivity contribution in [2.45, 2.75) is 171 Å². The summed E-state index contributed by atoms with van der Waals surface area (Å²) in [6, 6.07) is 17.1.